The number of nitrogens with zero attached hydrogens (tertiary/aromatic N) is 3. The van der Waals surface area contributed by atoms with E-state index in [1.165, 1.54) is 46.6 Å². The Kier molecular flexibility index (Phi) is 9.02. The second-order valence-electron chi connectivity index (χ2n) is 8.50. The van der Waals surface area contributed by atoms with Gasteiger partial charge in [0, 0.05) is 29.7 Å². The number of carbonyl (C=O) groups excluding carboxylic acids is 4. The Morgan fingerprint density at radius 3 is 2.38 bits per heavy atom. The number of carbonyl (C=O) groups is 4. The van der Waals surface area contributed by atoms with Crippen molar-refractivity contribution in [3.8, 4) is 5.75 Å². The minimum atomic E-state index is -1.14. The van der Waals surface area contributed by atoms with Crippen LogP contribution in [0.2, 0.25) is 0 Å². The van der Waals surface area contributed by atoms with Gasteiger partial charge in [-0.05, 0) is 74.6 Å². The maximum atomic E-state index is 13.6. The van der Waals surface area contributed by atoms with Crippen LogP contribution in [0.1, 0.15) is 41.0 Å². The largest absolute Gasteiger partial charge is 0.494 e. The molecule has 1 aromatic heterocycles. The molecule has 0 aliphatic carbocycles. The van der Waals surface area contributed by atoms with Gasteiger partial charge < -0.3 is 14.8 Å². The zero-order valence-corrected chi connectivity index (χ0v) is 22.6. The van der Waals surface area contributed by atoms with Gasteiger partial charge in [0.1, 0.15) is 11.8 Å². The highest BCUT2D eigenvalue weighted by molar-refractivity contribution is 7.80. The van der Waals surface area contributed by atoms with E-state index in [4.69, 9.17) is 21.7 Å². The Labute approximate surface area is 236 Å². The highest BCUT2D eigenvalue weighted by Gasteiger charge is 2.45. The van der Waals surface area contributed by atoms with Gasteiger partial charge in [0.05, 0.1) is 30.9 Å². The van der Waals surface area contributed by atoms with Crippen molar-refractivity contribution in [1.29, 1.82) is 0 Å². The molecule has 11 nitrogen and oxygen atoms in total. The molecule has 0 bridgehead atoms. The lowest BCUT2D eigenvalue weighted by molar-refractivity contribution is -0.124. The Morgan fingerprint density at radius 2 is 1.70 bits per heavy atom. The fraction of sp³-hybridized carbons (Fsp3) is 0.214. The number of thiocarbonyl (C=S) groups is 1. The SMILES string of the molecule is CCOC(=O)c1ccc(N2C(=O)C(CC(=O)Nc3cccc(OCC)c3)N(NC(=O)c3ccncc3)C2=S)cc1. The van der Waals surface area contributed by atoms with Crippen molar-refractivity contribution in [2.45, 2.75) is 26.3 Å². The first-order valence-electron chi connectivity index (χ1n) is 12.5. The van der Waals surface area contributed by atoms with E-state index in [1.807, 2.05) is 6.92 Å². The molecule has 1 atom stereocenters. The number of amides is 3. The molecule has 1 unspecified atom stereocenters. The third kappa shape index (κ3) is 6.41. The van der Waals surface area contributed by atoms with Crippen LogP contribution in [0.4, 0.5) is 11.4 Å². The average molecular weight is 562 g/mol. The van der Waals surface area contributed by atoms with Crippen molar-refractivity contribution < 1.29 is 28.7 Å². The van der Waals surface area contributed by atoms with E-state index in [0.29, 0.717) is 34.9 Å². The molecule has 2 aromatic carbocycles. The van der Waals surface area contributed by atoms with Crippen LogP contribution in [0.3, 0.4) is 0 Å². The van der Waals surface area contributed by atoms with Gasteiger partial charge in [-0.15, -0.1) is 0 Å². The van der Waals surface area contributed by atoms with Crippen LogP contribution >= 0.6 is 12.2 Å². The fourth-order valence-corrected chi connectivity index (χ4v) is 4.36. The lowest BCUT2D eigenvalue weighted by atomic mass is 10.1. The summed E-state index contributed by atoms with van der Waals surface area (Å²) in [6.45, 7) is 4.24. The van der Waals surface area contributed by atoms with Gasteiger partial charge in [-0.1, -0.05) is 6.07 Å². The Morgan fingerprint density at radius 1 is 0.975 bits per heavy atom. The van der Waals surface area contributed by atoms with Crippen LogP contribution in [0.15, 0.2) is 73.1 Å². The molecule has 4 rings (SSSR count). The number of esters is 1. The minimum absolute atomic E-state index is 0.0348. The maximum Gasteiger partial charge on any atom is 0.338 e. The second-order valence-corrected chi connectivity index (χ2v) is 8.86. The molecule has 1 fully saturated rings. The predicted molar refractivity (Wildman–Crippen MR) is 151 cm³/mol. The summed E-state index contributed by atoms with van der Waals surface area (Å²) in [7, 11) is 0. The second kappa shape index (κ2) is 12.8. The van der Waals surface area contributed by atoms with Gasteiger partial charge in [0.15, 0.2) is 0 Å². The van der Waals surface area contributed by atoms with Crippen molar-refractivity contribution in [2.75, 3.05) is 23.4 Å². The van der Waals surface area contributed by atoms with Crippen molar-refractivity contribution in [3.63, 3.8) is 0 Å². The monoisotopic (exact) mass is 561 g/mol. The van der Waals surface area contributed by atoms with Crippen LogP contribution in [0.25, 0.3) is 0 Å². The summed E-state index contributed by atoms with van der Waals surface area (Å²) in [5.74, 6) is -1.45. The molecule has 0 saturated carbocycles. The van der Waals surface area contributed by atoms with E-state index >= 15 is 0 Å². The lowest BCUT2D eigenvalue weighted by Gasteiger charge is -2.24. The molecule has 1 aliphatic heterocycles. The van der Waals surface area contributed by atoms with E-state index in [1.54, 1.807) is 43.3 Å². The van der Waals surface area contributed by atoms with E-state index in [0.717, 1.165) is 0 Å². The highest BCUT2D eigenvalue weighted by Crippen LogP contribution is 2.27. The molecule has 206 valence electrons. The summed E-state index contributed by atoms with van der Waals surface area (Å²) in [5, 5.41) is 3.93. The summed E-state index contributed by atoms with van der Waals surface area (Å²) in [6, 6.07) is 14.8. The summed E-state index contributed by atoms with van der Waals surface area (Å²) in [4.78, 5) is 56.8. The van der Waals surface area contributed by atoms with Crippen molar-refractivity contribution in [2.24, 2.45) is 0 Å². The molecule has 1 aliphatic rings. The number of hydrazine groups is 1. The summed E-state index contributed by atoms with van der Waals surface area (Å²) < 4.78 is 10.5. The number of anilines is 2. The first kappa shape index (κ1) is 28.2. The normalized spacial score (nSPS) is 14.6. The Balaban J connectivity index is 1.58. The number of benzene rings is 2. The van der Waals surface area contributed by atoms with Crippen molar-refractivity contribution in [1.82, 2.24) is 15.4 Å². The van der Waals surface area contributed by atoms with Crippen molar-refractivity contribution >= 4 is 52.4 Å². The predicted octanol–water partition coefficient (Wildman–Crippen LogP) is 3.33. The maximum absolute atomic E-state index is 13.6. The summed E-state index contributed by atoms with van der Waals surface area (Å²) in [5.41, 5.74) is 4.10. The highest BCUT2D eigenvalue weighted by atomic mass is 32.1. The topological polar surface area (TPSA) is 130 Å². The smallest absolute Gasteiger partial charge is 0.338 e. The standard InChI is InChI=1S/C28H27N5O6S/c1-3-38-22-7-5-6-20(16-22)30-24(34)17-23-26(36)32(21-10-8-19(9-11-21)27(37)39-4-2)28(40)33(23)31-25(35)18-12-14-29-15-13-18/h5-16,23H,3-4,17H2,1-2H3,(H,30,34)(H,31,35). The quantitative estimate of drug-likeness (QED) is 0.283. The number of nitrogens with one attached hydrogen (secondary N) is 2. The van der Waals surface area contributed by atoms with Gasteiger partial charge in [0.2, 0.25) is 11.0 Å². The molecular weight excluding hydrogens is 534 g/mol. The molecule has 1 saturated heterocycles. The number of hydrogen-bond donors (Lipinski definition) is 2. The van der Waals surface area contributed by atoms with Gasteiger partial charge >= 0.3 is 5.97 Å². The van der Waals surface area contributed by atoms with E-state index in [2.05, 4.69) is 15.7 Å². The van der Waals surface area contributed by atoms with Gasteiger partial charge in [-0.2, -0.15) is 0 Å². The molecule has 0 spiro atoms. The number of ether oxygens (including phenoxy) is 2. The van der Waals surface area contributed by atoms with Crippen LogP contribution in [0, 0.1) is 0 Å². The number of rotatable bonds is 10. The van der Waals surface area contributed by atoms with Gasteiger partial charge in [-0.3, -0.25) is 29.7 Å². The van der Waals surface area contributed by atoms with Crippen LogP contribution in [-0.2, 0) is 14.3 Å². The zero-order valence-electron chi connectivity index (χ0n) is 21.8. The molecule has 3 aromatic rings. The molecule has 3 amide bonds. The lowest BCUT2D eigenvalue weighted by Crippen LogP contribution is -2.49. The zero-order chi connectivity index (χ0) is 28.6. The Bertz CT molecular complexity index is 1420. The fourth-order valence-electron chi connectivity index (χ4n) is 3.99. The minimum Gasteiger partial charge on any atom is -0.494 e. The number of aromatic nitrogens is 1. The van der Waals surface area contributed by atoms with E-state index in [-0.39, 0.29) is 18.1 Å². The average Bonchev–Trinajstić information content (AvgIpc) is 3.17. The molecule has 2 heterocycles. The molecular formula is C28H27N5O6S. The molecule has 2 N–H and O–H groups in total. The van der Waals surface area contributed by atoms with Gasteiger partial charge in [0.25, 0.3) is 11.8 Å². The van der Waals surface area contributed by atoms with Crippen molar-refractivity contribution in [3.05, 3.63) is 84.2 Å². The summed E-state index contributed by atoms with van der Waals surface area (Å²) in [6.07, 6.45) is 2.61. The van der Waals surface area contributed by atoms with Crippen LogP contribution in [-0.4, -0.2) is 58.1 Å². The third-order valence-corrected chi connectivity index (χ3v) is 6.20. The number of hydrogen-bond acceptors (Lipinski definition) is 8. The molecule has 12 heteroatoms. The molecule has 0 radical (unpaired) electrons. The summed E-state index contributed by atoms with van der Waals surface area (Å²) >= 11 is 5.59. The first-order chi connectivity index (χ1) is 19.3. The van der Waals surface area contributed by atoms with Crippen LogP contribution < -0.4 is 20.4 Å². The van der Waals surface area contributed by atoms with E-state index < -0.39 is 29.7 Å². The Hall–Kier alpha value is -4.84. The first-order valence-corrected chi connectivity index (χ1v) is 12.9. The van der Waals surface area contributed by atoms with E-state index in [9.17, 15) is 19.2 Å². The molecule has 40 heavy (non-hydrogen) atoms. The number of pyridine rings is 1. The third-order valence-electron chi connectivity index (χ3n) is 5.82. The van der Waals surface area contributed by atoms with Gasteiger partial charge in [-0.25, -0.2) is 9.80 Å². The van der Waals surface area contributed by atoms with Crippen LogP contribution in [0.5, 0.6) is 5.75 Å².